The first-order valence-corrected chi connectivity index (χ1v) is 13.3. The van der Waals surface area contributed by atoms with Crippen LogP contribution >= 0.6 is 11.6 Å². The Morgan fingerprint density at radius 3 is 2.56 bits per heavy atom. The number of nitrogens with zero attached hydrogens (tertiary/aromatic N) is 2. The molecule has 1 saturated heterocycles. The van der Waals surface area contributed by atoms with Crippen molar-refractivity contribution in [1.29, 1.82) is 0 Å². The summed E-state index contributed by atoms with van der Waals surface area (Å²) in [6, 6.07) is 0.183. The lowest BCUT2D eigenvalue weighted by Crippen LogP contribution is -2.55. The highest BCUT2D eigenvalue weighted by atomic mass is 35.5. The van der Waals surface area contributed by atoms with Crippen molar-refractivity contribution in [3.63, 3.8) is 0 Å². The molecule has 4 N–H and O–H groups in total. The second kappa shape index (κ2) is 11.6. The molecule has 0 aromatic heterocycles. The van der Waals surface area contributed by atoms with Gasteiger partial charge in [-0.2, -0.15) is 0 Å². The lowest BCUT2D eigenvalue weighted by Gasteiger charge is -2.44. The fraction of sp³-hybridized carbons (Fsp3) is 0.875. The van der Waals surface area contributed by atoms with Crippen LogP contribution in [0.2, 0.25) is 0 Å². The zero-order chi connectivity index (χ0) is 24.2. The van der Waals surface area contributed by atoms with Crippen LogP contribution in [0.4, 0.5) is 0 Å². The average Bonchev–Trinajstić information content (AvgIpc) is 3.14. The van der Waals surface area contributed by atoms with Gasteiger partial charge in [-0.15, -0.1) is 11.6 Å². The van der Waals surface area contributed by atoms with Crippen LogP contribution in [0.3, 0.4) is 0 Å². The molecule has 2 heterocycles. The first-order chi connectivity index (χ1) is 16.4. The van der Waals surface area contributed by atoms with Gasteiger partial charge < -0.3 is 15.4 Å². The largest absolute Gasteiger partial charge is 0.381 e. The molecule has 2 amide bonds. The molecule has 0 aromatic carbocycles. The van der Waals surface area contributed by atoms with Crippen molar-refractivity contribution in [3.8, 4) is 0 Å². The molecule has 192 valence electrons. The van der Waals surface area contributed by atoms with Gasteiger partial charge in [0.2, 0.25) is 11.8 Å². The molecule has 10 heteroatoms. The lowest BCUT2D eigenvalue weighted by atomic mass is 9.72. The van der Waals surface area contributed by atoms with Gasteiger partial charge >= 0.3 is 0 Å². The maximum absolute atomic E-state index is 12.9. The third-order valence-corrected chi connectivity index (χ3v) is 8.48. The smallest absolute Gasteiger partial charge is 0.222 e. The quantitative estimate of drug-likeness (QED) is 0.314. The van der Waals surface area contributed by atoms with E-state index in [-0.39, 0.29) is 41.7 Å². The number of hydrazine groups is 1. The molecule has 0 radical (unpaired) electrons. The average molecular weight is 497 g/mol. The summed E-state index contributed by atoms with van der Waals surface area (Å²) in [5.74, 6) is 0.618. The number of methoxy groups -OCH3 is 1. The van der Waals surface area contributed by atoms with Crippen LogP contribution < -0.4 is 21.5 Å². The summed E-state index contributed by atoms with van der Waals surface area (Å²) in [7, 11) is 1.82. The number of halogens is 1. The molecule has 3 fully saturated rings. The van der Waals surface area contributed by atoms with Gasteiger partial charge in [0.25, 0.3) is 0 Å². The van der Waals surface area contributed by atoms with E-state index in [1.807, 2.05) is 7.11 Å². The Bertz CT molecular complexity index is 759. The molecule has 0 aromatic rings. The summed E-state index contributed by atoms with van der Waals surface area (Å²) in [6.45, 7) is 4.50. The van der Waals surface area contributed by atoms with Crippen LogP contribution in [0.5, 0.6) is 0 Å². The normalized spacial score (nSPS) is 38.3. The fourth-order valence-electron chi connectivity index (χ4n) is 6.36. The van der Waals surface area contributed by atoms with Crippen molar-refractivity contribution < 1.29 is 14.3 Å². The van der Waals surface area contributed by atoms with Crippen LogP contribution in [0.1, 0.15) is 65.2 Å². The van der Waals surface area contributed by atoms with Gasteiger partial charge in [-0.3, -0.25) is 19.5 Å². The van der Waals surface area contributed by atoms with Gasteiger partial charge in [-0.1, -0.05) is 0 Å². The zero-order valence-electron chi connectivity index (χ0n) is 20.7. The number of nitrogens with one attached hydrogen (secondary N) is 4. The highest BCUT2D eigenvalue weighted by Crippen LogP contribution is 2.41. The van der Waals surface area contributed by atoms with Gasteiger partial charge in [-0.25, -0.2) is 10.9 Å². The van der Waals surface area contributed by atoms with E-state index in [1.165, 1.54) is 12.6 Å². The number of carbonyl (C=O) groups is 2. The number of rotatable bonds is 7. The van der Waals surface area contributed by atoms with Crippen molar-refractivity contribution >= 4 is 29.1 Å². The summed E-state index contributed by atoms with van der Waals surface area (Å²) < 4.78 is 5.82. The Kier molecular flexibility index (Phi) is 8.85. The molecule has 2 aliphatic heterocycles. The number of hydrogen-bond donors (Lipinski definition) is 4. The van der Waals surface area contributed by atoms with E-state index in [0.29, 0.717) is 37.4 Å². The maximum Gasteiger partial charge on any atom is 0.222 e. The Labute approximate surface area is 208 Å². The van der Waals surface area contributed by atoms with Crippen molar-refractivity contribution in [2.75, 3.05) is 20.2 Å². The number of amides is 2. The summed E-state index contributed by atoms with van der Waals surface area (Å²) in [5, 5.41) is 5.93. The molecule has 6 atom stereocenters. The van der Waals surface area contributed by atoms with Gasteiger partial charge in [-0.05, 0) is 57.8 Å². The SMILES string of the molecule is COC1CCC2C(C1)C(C1CCC(Cl)CC1)=N[C@@H](CC(=O)NCCNC(C)=O)C1NNC(C)N21. The van der Waals surface area contributed by atoms with Crippen LogP contribution in [0.15, 0.2) is 4.99 Å². The van der Waals surface area contributed by atoms with E-state index in [4.69, 9.17) is 21.3 Å². The molecule has 9 nitrogen and oxygen atoms in total. The Balaban J connectivity index is 1.57. The van der Waals surface area contributed by atoms with Crippen LogP contribution in [-0.2, 0) is 14.3 Å². The highest BCUT2D eigenvalue weighted by molar-refractivity contribution is 6.20. The van der Waals surface area contributed by atoms with E-state index in [1.54, 1.807) is 0 Å². The standard InChI is InChI=1S/C24H41ClN6O3/c1-14-29-30-24-20(13-22(33)27-11-10-26-15(2)32)28-23(16-4-6-17(25)7-5-16)19-12-18(34-3)8-9-21(19)31(14)24/h14,16-21,24,29-30H,4-13H2,1-3H3,(H,26,32)(H,27,33)/t14?,16?,17?,18?,19?,20-,21?,24?/m0/s1. The third-order valence-electron chi connectivity index (χ3n) is 8.04. The fourth-order valence-corrected chi connectivity index (χ4v) is 6.62. The lowest BCUT2D eigenvalue weighted by molar-refractivity contribution is -0.122. The van der Waals surface area contributed by atoms with Crippen molar-refractivity contribution in [3.05, 3.63) is 0 Å². The number of aliphatic imine (C=N–C) groups is 1. The topological polar surface area (TPSA) is 107 Å². The van der Waals surface area contributed by atoms with E-state index in [0.717, 1.165) is 44.9 Å². The molecular formula is C24H41ClN6O3. The minimum absolute atomic E-state index is 0.0374. The van der Waals surface area contributed by atoms with Gasteiger partial charge in [0.1, 0.15) is 0 Å². The maximum atomic E-state index is 12.9. The number of fused-ring (bicyclic) bond motifs is 3. The Morgan fingerprint density at radius 2 is 1.85 bits per heavy atom. The third kappa shape index (κ3) is 5.93. The minimum atomic E-state index is -0.187. The van der Waals surface area contributed by atoms with E-state index < -0.39 is 0 Å². The Hall–Kier alpha value is -1.26. The number of hydrogen-bond acceptors (Lipinski definition) is 7. The van der Waals surface area contributed by atoms with Gasteiger partial charge in [0.15, 0.2) is 0 Å². The second-order valence-electron chi connectivity index (χ2n) is 10.3. The first-order valence-electron chi connectivity index (χ1n) is 12.9. The summed E-state index contributed by atoms with van der Waals surface area (Å²) in [5.41, 5.74) is 8.14. The zero-order valence-corrected chi connectivity index (χ0v) is 21.4. The molecule has 34 heavy (non-hydrogen) atoms. The number of alkyl halides is 1. The number of carbonyl (C=O) groups excluding carboxylic acids is 2. The second-order valence-corrected chi connectivity index (χ2v) is 10.9. The van der Waals surface area contributed by atoms with E-state index in [2.05, 4.69) is 33.3 Å². The predicted molar refractivity (Wildman–Crippen MR) is 132 cm³/mol. The monoisotopic (exact) mass is 496 g/mol. The van der Waals surface area contributed by atoms with Crippen molar-refractivity contribution in [2.24, 2.45) is 16.8 Å². The summed E-state index contributed by atoms with van der Waals surface area (Å²) in [6.07, 6.45) is 7.95. The molecule has 0 bridgehead atoms. The van der Waals surface area contributed by atoms with Crippen LogP contribution in [0, 0.1) is 11.8 Å². The molecule has 2 aliphatic carbocycles. The summed E-state index contributed by atoms with van der Waals surface area (Å²) in [4.78, 5) is 31.9. The van der Waals surface area contributed by atoms with E-state index >= 15 is 0 Å². The van der Waals surface area contributed by atoms with Crippen molar-refractivity contribution in [2.45, 2.75) is 101 Å². The Morgan fingerprint density at radius 1 is 1.12 bits per heavy atom. The van der Waals surface area contributed by atoms with Gasteiger partial charge in [0.05, 0.1) is 30.9 Å². The molecule has 5 unspecified atom stereocenters. The van der Waals surface area contributed by atoms with Crippen molar-refractivity contribution in [1.82, 2.24) is 26.4 Å². The molecule has 2 saturated carbocycles. The molecular weight excluding hydrogens is 456 g/mol. The number of ether oxygens (including phenoxy) is 1. The molecule has 0 spiro atoms. The predicted octanol–water partition coefficient (Wildman–Crippen LogP) is 1.52. The molecule has 4 aliphatic rings. The van der Waals surface area contributed by atoms with E-state index in [9.17, 15) is 9.59 Å². The van der Waals surface area contributed by atoms with Crippen LogP contribution in [0.25, 0.3) is 0 Å². The first kappa shape index (κ1) is 25.8. The van der Waals surface area contributed by atoms with Gasteiger partial charge in [0, 0.05) is 50.2 Å². The molecule has 4 rings (SSSR count). The minimum Gasteiger partial charge on any atom is -0.381 e. The highest BCUT2D eigenvalue weighted by Gasteiger charge is 2.49. The van der Waals surface area contributed by atoms with Crippen LogP contribution in [-0.4, -0.2) is 78.5 Å². The summed E-state index contributed by atoms with van der Waals surface area (Å²) >= 11 is 6.45.